The number of hydrogen-bond acceptors (Lipinski definition) is 6. The number of nitrogens with zero attached hydrogens (tertiary/aromatic N) is 3. The predicted octanol–water partition coefficient (Wildman–Crippen LogP) is 2.97. The number of alkyl halides is 3. The van der Waals surface area contributed by atoms with E-state index in [-0.39, 0.29) is 36.3 Å². The van der Waals surface area contributed by atoms with Gasteiger partial charge >= 0.3 is 6.18 Å². The molecule has 0 saturated heterocycles. The number of guanidine groups is 1. The summed E-state index contributed by atoms with van der Waals surface area (Å²) >= 11 is 0. The van der Waals surface area contributed by atoms with Crippen LogP contribution in [0.2, 0.25) is 0 Å². The molecule has 3 N–H and O–H groups in total. The number of halogens is 3. The molecule has 8 nitrogen and oxygen atoms in total. The molecule has 1 unspecified atom stereocenters. The number of amides is 2. The van der Waals surface area contributed by atoms with Crippen molar-refractivity contribution in [3.8, 4) is 5.75 Å². The Morgan fingerprint density at radius 2 is 2.10 bits per heavy atom. The van der Waals surface area contributed by atoms with E-state index in [1.807, 2.05) is 0 Å². The largest absolute Gasteiger partial charge is 0.491 e. The minimum atomic E-state index is -4.62. The topological polar surface area (TPSA) is 110 Å². The number of aliphatic imine (C=N–C) groups is 1. The number of nitrogens with two attached hydrogens (primary N) is 1. The molecule has 1 aliphatic heterocycles. The van der Waals surface area contributed by atoms with Crippen molar-refractivity contribution in [3.05, 3.63) is 53.3 Å². The molecular formula is C20H20F3N5O3. The number of carbonyl (C=O) groups excluding carboxylic acids is 2. The third-order valence-electron chi connectivity index (χ3n) is 4.60. The fourth-order valence-corrected chi connectivity index (χ4v) is 2.96. The molecule has 0 fully saturated rings. The van der Waals surface area contributed by atoms with Crippen LogP contribution in [0.15, 0.2) is 41.5 Å². The summed E-state index contributed by atoms with van der Waals surface area (Å²) in [5.74, 6) is -1.12. The van der Waals surface area contributed by atoms with Gasteiger partial charge in [0.25, 0.3) is 5.91 Å². The van der Waals surface area contributed by atoms with Crippen LogP contribution in [0.3, 0.4) is 0 Å². The van der Waals surface area contributed by atoms with Gasteiger partial charge in [-0.05, 0) is 30.7 Å². The van der Waals surface area contributed by atoms with Gasteiger partial charge in [-0.3, -0.25) is 14.5 Å². The summed E-state index contributed by atoms with van der Waals surface area (Å²) in [6, 6.07) is 6.83. The van der Waals surface area contributed by atoms with Crippen LogP contribution in [0.4, 0.5) is 18.9 Å². The maximum atomic E-state index is 12.9. The Bertz CT molecular complexity index is 1040. The van der Waals surface area contributed by atoms with E-state index in [1.165, 1.54) is 11.9 Å². The molecule has 0 radical (unpaired) electrons. The van der Waals surface area contributed by atoms with Gasteiger partial charge < -0.3 is 15.8 Å². The first-order valence-electron chi connectivity index (χ1n) is 9.31. The second-order valence-corrected chi connectivity index (χ2v) is 6.74. The lowest BCUT2D eigenvalue weighted by Gasteiger charge is -2.25. The lowest BCUT2D eigenvalue weighted by molar-refractivity contribution is -0.138. The quantitative estimate of drug-likeness (QED) is 0.750. The van der Waals surface area contributed by atoms with E-state index in [2.05, 4.69) is 15.3 Å². The summed E-state index contributed by atoms with van der Waals surface area (Å²) in [5, 5.41) is 2.59. The summed E-state index contributed by atoms with van der Waals surface area (Å²) < 4.78 is 44.0. The molecule has 3 rings (SSSR count). The molecule has 1 aromatic carbocycles. The van der Waals surface area contributed by atoms with E-state index in [4.69, 9.17) is 10.5 Å². The first kappa shape index (κ1) is 22.1. The van der Waals surface area contributed by atoms with Crippen molar-refractivity contribution in [1.29, 1.82) is 0 Å². The van der Waals surface area contributed by atoms with Crippen molar-refractivity contribution in [1.82, 2.24) is 9.88 Å². The normalized spacial score (nSPS) is 16.7. The summed E-state index contributed by atoms with van der Waals surface area (Å²) in [5.41, 5.74) is 5.46. The zero-order chi connectivity index (χ0) is 22.8. The fourth-order valence-electron chi connectivity index (χ4n) is 2.96. The highest BCUT2D eigenvalue weighted by molar-refractivity contribution is 6.04. The molecule has 0 bridgehead atoms. The molecule has 0 aliphatic carbocycles. The lowest BCUT2D eigenvalue weighted by atomic mass is 10.0. The molecule has 164 valence electrons. The first-order valence-corrected chi connectivity index (χ1v) is 9.31. The van der Waals surface area contributed by atoms with Gasteiger partial charge in [0.15, 0.2) is 17.4 Å². The number of carbonyl (C=O) groups is 2. The van der Waals surface area contributed by atoms with Gasteiger partial charge in [0.1, 0.15) is 0 Å². The molecule has 2 heterocycles. The lowest BCUT2D eigenvalue weighted by Crippen LogP contribution is -2.42. The average molecular weight is 435 g/mol. The van der Waals surface area contributed by atoms with Gasteiger partial charge in [-0.15, -0.1) is 0 Å². The van der Waals surface area contributed by atoms with Gasteiger partial charge in [-0.1, -0.05) is 12.1 Å². The monoisotopic (exact) mass is 435 g/mol. The second kappa shape index (κ2) is 8.62. The zero-order valence-corrected chi connectivity index (χ0v) is 16.7. The van der Waals surface area contributed by atoms with E-state index in [1.54, 1.807) is 31.2 Å². The number of hydrogen-bond donors (Lipinski definition) is 2. The average Bonchev–Trinajstić information content (AvgIpc) is 2.71. The van der Waals surface area contributed by atoms with E-state index < -0.39 is 23.7 Å². The molecule has 31 heavy (non-hydrogen) atoms. The number of pyridine rings is 1. The Morgan fingerprint density at radius 3 is 2.74 bits per heavy atom. The first-order chi connectivity index (χ1) is 14.6. The van der Waals surface area contributed by atoms with E-state index in [9.17, 15) is 22.8 Å². The van der Waals surface area contributed by atoms with Crippen LogP contribution in [-0.2, 0) is 11.0 Å². The van der Waals surface area contributed by atoms with Crippen LogP contribution in [0.1, 0.15) is 41.0 Å². The summed E-state index contributed by atoms with van der Waals surface area (Å²) in [6.07, 6.45) is -3.92. The number of rotatable bonds is 5. The van der Waals surface area contributed by atoms with Crippen molar-refractivity contribution in [2.24, 2.45) is 10.7 Å². The smallest absolute Gasteiger partial charge is 0.418 e. The minimum Gasteiger partial charge on any atom is -0.491 e. The van der Waals surface area contributed by atoms with Crippen LogP contribution in [0.25, 0.3) is 0 Å². The maximum absolute atomic E-state index is 12.9. The van der Waals surface area contributed by atoms with Crippen LogP contribution < -0.4 is 15.8 Å². The molecule has 2 amide bonds. The van der Waals surface area contributed by atoms with Crippen LogP contribution in [0.5, 0.6) is 5.75 Å². The molecular weight excluding hydrogens is 415 g/mol. The van der Waals surface area contributed by atoms with Gasteiger partial charge in [0, 0.05) is 18.9 Å². The fraction of sp³-hybridized carbons (Fsp3) is 0.300. The molecule has 11 heteroatoms. The maximum Gasteiger partial charge on any atom is 0.418 e. The molecule has 2 aromatic rings. The Balaban J connectivity index is 1.85. The number of benzene rings is 1. The molecule has 1 atom stereocenters. The summed E-state index contributed by atoms with van der Waals surface area (Å²) in [4.78, 5) is 33.9. The van der Waals surface area contributed by atoms with Crippen molar-refractivity contribution in [3.63, 3.8) is 0 Å². The standard InChI is InChI=1S/C20H20F3N5O3/c1-3-31-15-8-12(20(21,22)23)10-25-17(15)18(30)26-13-6-4-5-11(7-13)14-9-16(29)28(2)19(24)27-14/h4-8,10,14H,3,9H2,1-2H3,(H2,24,27)(H,26,30). The van der Waals surface area contributed by atoms with E-state index >= 15 is 0 Å². The minimum absolute atomic E-state index is 0.0579. The number of nitrogens with one attached hydrogen (secondary N) is 1. The van der Waals surface area contributed by atoms with Gasteiger partial charge in [0.2, 0.25) is 5.91 Å². The highest BCUT2D eigenvalue weighted by Crippen LogP contribution is 2.32. The van der Waals surface area contributed by atoms with Crippen molar-refractivity contribution >= 4 is 23.5 Å². The zero-order valence-electron chi connectivity index (χ0n) is 16.7. The van der Waals surface area contributed by atoms with E-state index in [0.717, 1.165) is 6.07 Å². The van der Waals surface area contributed by atoms with Gasteiger partial charge in [0.05, 0.1) is 24.6 Å². The van der Waals surface area contributed by atoms with Gasteiger partial charge in [-0.2, -0.15) is 13.2 Å². The molecule has 1 aliphatic rings. The van der Waals surface area contributed by atoms with Crippen LogP contribution in [0, 0.1) is 0 Å². The van der Waals surface area contributed by atoms with Gasteiger partial charge in [-0.25, -0.2) is 9.98 Å². The molecule has 0 saturated carbocycles. The van der Waals surface area contributed by atoms with Crippen LogP contribution >= 0.6 is 0 Å². The van der Waals surface area contributed by atoms with Crippen molar-refractivity contribution in [2.75, 3.05) is 19.0 Å². The Hall–Kier alpha value is -3.63. The highest BCUT2D eigenvalue weighted by atomic mass is 19.4. The second-order valence-electron chi connectivity index (χ2n) is 6.74. The number of ether oxygens (including phenoxy) is 1. The number of anilines is 1. The Morgan fingerprint density at radius 1 is 1.35 bits per heavy atom. The highest BCUT2D eigenvalue weighted by Gasteiger charge is 2.33. The number of aromatic nitrogens is 1. The Labute approximate surface area is 175 Å². The predicted molar refractivity (Wildman–Crippen MR) is 107 cm³/mol. The molecule has 0 spiro atoms. The third-order valence-corrected chi connectivity index (χ3v) is 4.60. The molecule has 1 aromatic heterocycles. The van der Waals surface area contributed by atoms with E-state index in [0.29, 0.717) is 17.4 Å². The van der Waals surface area contributed by atoms with Crippen molar-refractivity contribution in [2.45, 2.75) is 25.6 Å². The Kier molecular flexibility index (Phi) is 6.14. The van der Waals surface area contributed by atoms with Crippen molar-refractivity contribution < 1.29 is 27.5 Å². The SMILES string of the molecule is CCOc1cc(C(F)(F)F)cnc1C(=O)Nc1cccc(C2CC(=O)N(C)C(N)=N2)c1. The van der Waals surface area contributed by atoms with Crippen LogP contribution in [-0.4, -0.2) is 41.3 Å². The summed E-state index contributed by atoms with van der Waals surface area (Å²) in [6.45, 7) is 1.64. The third kappa shape index (κ3) is 4.93. The summed E-state index contributed by atoms with van der Waals surface area (Å²) in [7, 11) is 1.53.